The van der Waals surface area contributed by atoms with Gasteiger partial charge in [-0.1, -0.05) is 0 Å². The number of hydrogen-bond acceptors (Lipinski definition) is 10. The fourth-order valence-corrected chi connectivity index (χ4v) is 5.37. The van der Waals surface area contributed by atoms with Crippen molar-refractivity contribution in [2.45, 2.75) is 91.7 Å². The molecule has 0 aromatic rings. The second kappa shape index (κ2) is 16.5. The lowest BCUT2D eigenvalue weighted by Crippen LogP contribution is -2.53. The van der Waals surface area contributed by atoms with Crippen molar-refractivity contribution in [1.29, 1.82) is 0 Å². The van der Waals surface area contributed by atoms with Crippen molar-refractivity contribution in [1.82, 2.24) is 5.32 Å². The Bertz CT molecular complexity index is 371. The van der Waals surface area contributed by atoms with Gasteiger partial charge in [-0.15, -0.1) is 0 Å². The van der Waals surface area contributed by atoms with E-state index in [2.05, 4.69) is 5.32 Å². The Morgan fingerprint density at radius 3 is 1.20 bits per heavy atom. The quantitative estimate of drug-likeness (QED) is 0.177. The van der Waals surface area contributed by atoms with E-state index in [4.69, 9.17) is 41.7 Å². The van der Waals surface area contributed by atoms with Crippen molar-refractivity contribution in [2.75, 3.05) is 34.9 Å². The van der Waals surface area contributed by atoms with Crippen LogP contribution >= 0.6 is 0 Å². The molecule has 0 saturated carbocycles. The Labute approximate surface area is 183 Å². The molecule has 182 valence electrons. The molecule has 1 N–H and O–H groups in total. The van der Waals surface area contributed by atoms with Crippen LogP contribution in [0, 0.1) is 0 Å². The first-order chi connectivity index (χ1) is 14.1. The molecule has 0 aliphatic heterocycles. The van der Waals surface area contributed by atoms with E-state index in [1.165, 1.54) is 0 Å². The highest BCUT2D eigenvalue weighted by Crippen LogP contribution is 2.26. The van der Waals surface area contributed by atoms with Crippen LogP contribution in [0.4, 0.5) is 0 Å². The van der Waals surface area contributed by atoms with E-state index in [0.717, 1.165) is 13.0 Å². The first-order valence-electron chi connectivity index (χ1n) is 10.3. The van der Waals surface area contributed by atoms with E-state index in [1.54, 1.807) is 62.9 Å². The molecule has 6 atom stereocenters. The molecule has 0 aliphatic rings. The third-order valence-electron chi connectivity index (χ3n) is 4.09. The lowest BCUT2D eigenvalue weighted by molar-refractivity contribution is -0.251. The molecule has 0 bridgehead atoms. The van der Waals surface area contributed by atoms with Gasteiger partial charge in [-0.25, -0.2) is 0 Å². The SMILES string of the molecule is CNCCC[Si](OC(C)OC(C)OC)(OC(C)OC(C)OC)OC(C)OC(C)OC. The molecule has 0 amide bonds. The van der Waals surface area contributed by atoms with E-state index in [0.29, 0.717) is 6.04 Å². The summed E-state index contributed by atoms with van der Waals surface area (Å²) in [5, 5.41) is 3.13. The summed E-state index contributed by atoms with van der Waals surface area (Å²) in [4.78, 5) is 0. The fourth-order valence-electron chi connectivity index (χ4n) is 2.56. The van der Waals surface area contributed by atoms with Gasteiger partial charge in [0.15, 0.2) is 37.7 Å². The predicted octanol–water partition coefficient (Wildman–Crippen LogP) is 2.65. The molecule has 0 aromatic heterocycles. The van der Waals surface area contributed by atoms with E-state index in [9.17, 15) is 0 Å². The van der Waals surface area contributed by atoms with Gasteiger partial charge in [0.2, 0.25) is 0 Å². The van der Waals surface area contributed by atoms with Crippen LogP contribution in [0.5, 0.6) is 0 Å². The Kier molecular flexibility index (Phi) is 16.3. The molecule has 0 saturated heterocycles. The number of nitrogens with one attached hydrogen (secondary N) is 1. The van der Waals surface area contributed by atoms with Crippen molar-refractivity contribution in [3.05, 3.63) is 0 Å². The molecular weight excluding hydrogens is 414 g/mol. The van der Waals surface area contributed by atoms with Gasteiger partial charge in [-0.2, -0.15) is 0 Å². The van der Waals surface area contributed by atoms with Crippen LogP contribution in [-0.4, -0.2) is 81.5 Å². The molecular formula is C19H43NO9Si. The van der Waals surface area contributed by atoms with E-state index in [1.807, 2.05) is 7.05 Å². The highest BCUT2D eigenvalue weighted by atomic mass is 28.4. The van der Waals surface area contributed by atoms with E-state index >= 15 is 0 Å². The van der Waals surface area contributed by atoms with Gasteiger partial charge >= 0.3 is 8.80 Å². The first-order valence-corrected chi connectivity index (χ1v) is 12.3. The number of ether oxygens (including phenoxy) is 6. The van der Waals surface area contributed by atoms with E-state index in [-0.39, 0.29) is 0 Å². The summed E-state index contributed by atoms with van der Waals surface area (Å²) < 4.78 is 51.4. The topological polar surface area (TPSA) is 95.1 Å². The van der Waals surface area contributed by atoms with Crippen LogP contribution in [0.15, 0.2) is 0 Å². The molecule has 0 spiro atoms. The number of hydrogen-bond donors (Lipinski definition) is 1. The molecule has 11 heteroatoms. The van der Waals surface area contributed by atoms with Crippen molar-refractivity contribution < 1.29 is 41.7 Å². The lowest BCUT2D eigenvalue weighted by Gasteiger charge is -2.37. The summed E-state index contributed by atoms with van der Waals surface area (Å²) in [5.41, 5.74) is 0. The Balaban J connectivity index is 5.55. The highest BCUT2D eigenvalue weighted by molar-refractivity contribution is 6.60. The monoisotopic (exact) mass is 457 g/mol. The zero-order valence-corrected chi connectivity index (χ0v) is 21.3. The standard InChI is InChI=1S/C19H43NO9Si/c1-14(21-8)24-17(4)27-30(13-11-12-20-7,28-18(5)25-15(2)22-9)29-19(6)26-16(3)23-10/h14-20H,11-13H2,1-10H3. The van der Waals surface area contributed by atoms with Crippen LogP contribution in [0.2, 0.25) is 6.04 Å². The smallest absolute Gasteiger partial charge is 0.356 e. The van der Waals surface area contributed by atoms with Gasteiger partial charge in [-0.05, 0) is 61.6 Å². The van der Waals surface area contributed by atoms with Crippen molar-refractivity contribution >= 4 is 8.80 Å². The zero-order chi connectivity index (χ0) is 23.2. The molecule has 0 fully saturated rings. The first kappa shape index (κ1) is 29.8. The molecule has 0 rings (SSSR count). The van der Waals surface area contributed by atoms with Crippen LogP contribution in [-0.2, 0) is 41.7 Å². The second-order valence-corrected chi connectivity index (χ2v) is 9.34. The average Bonchev–Trinajstić information content (AvgIpc) is 2.67. The molecule has 0 heterocycles. The van der Waals surface area contributed by atoms with Crippen LogP contribution in [0.3, 0.4) is 0 Å². The summed E-state index contributed by atoms with van der Waals surface area (Å²) in [5.74, 6) is 0. The number of rotatable bonds is 19. The van der Waals surface area contributed by atoms with Crippen LogP contribution in [0.25, 0.3) is 0 Å². The van der Waals surface area contributed by atoms with Crippen LogP contribution in [0.1, 0.15) is 48.0 Å². The van der Waals surface area contributed by atoms with Gasteiger partial charge < -0.3 is 47.0 Å². The second-order valence-electron chi connectivity index (χ2n) is 6.76. The summed E-state index contributed by atoms with van der Waals surface area (Å²) in [7, 11) is 3.23. The molecule has 0 aliphatic carbocycles. The summed E-state index contributed by atoms with van der Waals surface area (Å²) in [6, 6.07) is 0.521. The summed E-state index contributed by atoms with van der Waals surface area (Å²) >= 11 is 0. The maximum atomic E-state index is 6.25. The van der Waals surface area contributed by atoms with Crippen molar-refractivity contribution in [3.8, 4) is 0 Å². The predicted molar refractivity (Wildman–Crippen MR) is 113 cm³/mol. The zero-order valence-electron chi connectivity index (χ0n) is 20.3. The Morgan fingerprint density at radius 1 is 0.600 bits per heavy atom. The average molecular weight is 458 g/mol. The minimum Gasteiger partial charge on any atom is -0.356 e. The molecule has 10 nitrogen and oxygen atoms in total. The minimum atomic E-state index is -3.34. The van der Waals surface area contributed by atoms with Gasteiger partial charge in [0, 0.05) is 27.4 Å². The van der Waals surface area contributed by atoms with E-state index < -0.39 is 46.5 Å². The lowest BCUT2D eigenvalue weighted by atomic mass is 10.5. The number of methoxy groups -OCH3 is 3. The van der Waals surface area contributed by atoms with Gasteiger partial charge in [0.1, 0.15) is 0 Å². The maximum absolute atomic E-state index is 6.25. The van der Waals surface area contributed by atoms with Gasteiger partial charge in [0.25, 0.3) is 0 Å². The fraction of sp³-hybridized carbons (Fsp3) is 1.00. The third-order valence-corrected chi connectivity index (χ3v) is 7.13. The van der Waals surface area contributed by atoms with Crippen molar-refractivity contribution in [3.63, 3.8) is 0 Å². The largest absolute Gasteiger partial charge is 0.506 e. The molecule has 6 unspecified atom stereocenters. The molecule has 0 aromatic carbocycles. The third kappa shape index (κ3) is 13.3. The van der Waals surface area contributed by atoms with Crippen LogP contribution < -0.4 is 5.32 Å². The normalized spacial score (nSPS) is 20.2. The Morgan fingerprint density at radius 2 is 0.933 bits per heavy atom. The highest BCUT2D eigenvalue weighted by Gasteiger charge is 2.46. The summed E-state index contributed by atoms with van der Waals surface area (Å²) in [6.45, 7) is 11.4. The molecule has 0 radical (unpaired) electrons. The maximum Gasteiger partial charge on any atom is 0.506 e. The summed E-state index contributed by atoms with van der Waals surface area (Å²) in [6.07, 6.45) is -2.51. The minimum absolute atomic E-state index is 0.451. The van der Waals surface area contributed by atoms with Crippen molar-refractivity contribution in [2.24, 2.45) is 0 Å². The van der Waals surface area contributed by atoms with Gasteiger partial charge in [-0.3, -0.25) is 0 Å². The molecule has 30 heavy (non-hydrogen) atoms. The van der Waals surface area contributed by atoms with Gasteiger partial charge in [0.05, 0.1) is 0 Å². The Hall–Kier alpha value is -0.183.